The van der Waals surface area contributed by atoms with Crippen molar-refractivity contribution >= 4 is 0 Å². The maximum absolute atomic E-state index is 5.49. The van der Waals surface area contributed by atoms with E-state index in [0.29, 0.717) is 6.61 Å². The van der Waals surface area contributed by atoms with Crippen molar-refractivity contribution in [1.82, 2.24) is 5.01 Å². The zero-order chi connectivity index (χ0) is 10.4. The van der Waals surface area contributed by atoms with Gasteiger partial charge in [0.15, 0.2) is 0 Å². The molecule has 3 heteroatoms. The summed E-state index contributed by atoms with van der Waals surface area (Å²) in [5.41, 5.74) is 1.33. The lowest BCUT2D eigenvalue weighted by Crippen LogP contribution is -2.30. The lowest BCUT2D eigenvalue weighted by molar-refractivity contribution is 0.241. The van der Waals surface area contributed by atoms with Crippen molar-refractivity contribution in [3.63, 3.8) is 0 Å². The minimum absolute atomic E-state index is 0.623. The molecule has 0 unspecified atom stereocenters. The van der Waals surface area contributed by atoms with Crippen molar-refractivity contribution in [3.05, 3.63) is 29.8 Å². The quantitative estimate of drug-likeness (QED) is 0.569. The average molecular weight is 194 g/mol. The Labute approximate surface area is 85.4 Å². The predicted molar refractivity (Wildman–Crippen MR) is 58.1 cm³/mol. The first-order valence-corrected chi connectivity index (χ1v) is 4.90. The fourth-order valence-corrected chi connectivity index (χ4v) is 1.13. The summed E-state index contributed by atoms with van der Waals surface area (Å²) in [6.07, 6.45) is 1.06. The Balaban J connectivity index is 2.36. The van der Waals surface area contributed by atoms with Crippen LogP contribution in [0.1, 0.15) is 12.5 Å². The second-order valence-electron chi connectivity index (χ2n) is 3.33. The van der Waals surface area contributed by atoms with Gasteiger partial charge in [-0.1, -0.05) is 19.1 Å². The summed E-state index contributed by atoms with van der Waals surface area (Å²) in [5, 5.41) is 1.61. The minimum Gasteiger partial charge on any atom is -0.492 e. The van der Waals surface area contributed by atoms with Gasteiger partial charge in [0.25, 0.3) is 0 Å². The summed E-state index contributed by atoms with van der Waals surface area (Å²) in [6, 6.07) is 8.16. The van der Waals surface area contributed by atoms with E-state index in [9.17, 15) is 0 Å². The number of nitrogens with two attached hydrogens (primary N) is 1. The van der Waals surface area contributed by atoms with Crippen LogP contribution in [-0.2, 0) is 6.42 Å². The van der Waals surface area contributed by atoms with Crippen LogP contribution in [0.5, 0.6) is 5.75 Å². The highest BCUT2D eigenvalue weighted by Gasteiger charge is 1.95. The molecule has 0 aliphatic heterocycles. The first kappa shape index (κ1) is 11.0. The second kappa shape index (κ2) is 5.62. The number of hydrogen-bond acceptors (Lipinski definition) is 3. The Morgan fingerprint density at radius 2 is 1.93 bits per heavy atom. The van der Waals surface area contributed by atoms with Crippen molar-refractivity contribution in [2.45, 2.75) is 13.3 Å². The molecular weight excluding hydrogens is 176 g/mol. The standard InChI is InChI=1S/C11H18N2O/c1-3-10-4-6-11(7-5-10)14-9-8-13(2)12/h4-7H,3,8-9,12H2,1-2H3. The molecule has 0 heterocycles. The summed E-state index contributed by atoms with van der Waals surface area (Å²) in [5.74, 6) is 6.36. The van der Waals surface area contributed by atoms with Gasteiger partial charge in [-0.05, 0) is 24.1 Å². The lowest BCUT2D eigenvalue weighted by atomic mass is 10.2. The molecule has 1 aromatic carbocycles. The zero-order valence-corrected chi connectivity index (χ0v) is 8.86. The van der Waals surface area contributed by atoms with E-state index < -0.39 is 0 Å². The molecule has 0 saturated carbocycles. The van der Waals surface area contributed by atoms with Gasteiger partial charge in [0, 0.05) is 13.6 Å². The maximum atomic E-state index is 5.49. The summed E-state index contributed by atoms with van der Waals surface area (Å²) >= 11 is 0. The molecule has 0 atom stereocenters. The number of rotatable bonds is 5. The topological polar surface area (TPSA) is 38.5 Å². The molecule has 1 aromatic rings. The third-order valence-corrected chi connectivity index (χ3v) is 2.04. The molecule has 1 rings (SSSR count). The molecule has 3 nitrogen and oxygen atoms in total. The van der Waals surface area contributed by atoms with Crippen LogP contribution in [0, 0.1) is 0 Å². The lowest BCUT2D eigenvalue weighted by Gasteiger charge is -2.10. The number of ether oxygens (including phenoxy) is 1. The van der Waals surface area contributed by atoms with E-state index in [4.69, 9.17) is 10.6 Å². The summed E-state index contributed by atoms with van der Waals surface area (Å²) in [6.45, 7) is 3.49. The molecule has 78 valence electrons. The highest BCUT2D eigenvalue weighted by molar-refractivity contribution is 5.27. The molecule has 0 aliphatic rings. The predicted octanol–water partition coefficient (Wildman–Crippen LogP) is 1.43. The molecule has 0 fully saturated rings. The van der Waals surface area contributed by atoms with Gasteiger partial charge in [-0.25, -0.2) is 5.01 Å². The van der Waals surface area contributed by atoms with Gasteiger partial charge < -0.3 is 4.74 Å². The first-order chi connectivity index (χ1) is 6.72. The van der Waals surface area contributed by atoms with Crippen LogP contribution in [0.4, 0.5) is 0 Å². The molecular formula is C11H18N2O. The average Bonchev–Trinajstić information content (AvgIpc) is 2.18. The zero-order valence-electron chi connectivity index (χ0n) is 8.86. The summed E-state index contributed by atoms with van der Waals surface area (Å²) < 4.78 is 5.49. The molecule has 0 amide bonds. The Morgan fingerprint density at radius 1 is 1.29 bits per heavy atom. The van der Waals surface area contributed by atoms with Gasteiger partial charge in [-0.2, -0.15) is 0 Å². The van der Waals surface area contributed by atoms with E-state index in [1.165, 1.54) is 5.56 Å². The van der Waals surface area contributed by atoms with Crippen LogP contribution in [0.2, 0.25) is 0 Å². The number of aryl methyl sites for hydroxylation is 1. The van der Waals surface area contributed by atoms with E-state index in [0.717, 1.165) is 18.7 Å². The first-order valence-electron chi connectivity index (χ1n) is 4.90. The molecule has 0 radical (unpaired) electrons. The third-order valence-electron chi connectivity index (χ3n) is 2.04. The SMILES string of the molecule is CCc1ccc(OCCN(C)N)cc1. The van der Waals surface area contributed by atoms with E-state index in [1.807, 2.05) is 19.2 Å². The van der Waals surface area contributed by atoms with Gasteiger partial charge >= 0.3 is 0 Å². The van der Waals surface area contributed by atoms with Gasteiger partial charge in [0.2, 0.25) is 0 Å². The Bertz CT molecular complexity index is 256. The van der Waals surface area contributed by atoms with E-state index >= 15 is 0 Å². The third kappa shape index (κ3) is 3.77. The van der Waals surface area contributed by atoms with Gasteiger partial charge in [-0.15, -0.1) is 0 Å². The molecule has 0 aromatic heterocycles. The van der Waals surface area contributed by atoms with Crippen molar-refractivity contribution in [2.24, 2.45) is 5.84 Å². The fraction of sp³-hybridized carbons (Fsp3) is 0.455. The van der Waals surface area contributed by atoms with Crippen LogP contribution < -0.4 is 10.6 Å². The summed E-state index contributed by atoms with van der Waals surface area (Å²) in [4.78, 5) is 0. The number of likely N-dealkylation sites (N-methyl/N-ethyl adjacent to an activating group) is 1. The molecule has 0 aliphatic carbocycles. The monoisotopic (exact) mass is 194 g/mol. The summed E-state index contributed by atoms with van der Waals surface area (Å²) in [7, 11) is 1.82. The van der Waals surface area contributed by atoms with Crippen LogP contribution in [-0.4, -0.2) is 25.2 Å². The van der Waals surface area contributed by atoms with Crippen LogP contribution in [0.3, 0.4) is 0 Å². The van der Waals surface area contributed by atoms with E-state index in [2.05, 4.69) is 19.1 Å². The molecule has 14 heavy (non-hydrogen) atoms. The largest absolute Gasteiger partial charge is 0.492 e. The van der Waals surface area contributed by atoms with E-state index in [-0.39, 0.29) is 0 Å². The van der Waals surface area contributed by atoms with Crippen molar-refractivity contribution in [2.75, 3.05) is 20.2 Å². The maximum Gasteiger partial charge on any atom is 0.119 e. The van der Waals surface area contributed by atoms with Crippen molar-refractivity contribution in [1.29, 1.82) is 0 Å². The Hall–Kier alpha value is -1.06. The smallest absolute Gasteiger partial charge is 0.119 e. The van der Waals surface area contributed by atoms with Crippen LogP contribution >= 0.6 is 0 Å². The number of benzene rings is 1. The highest BCUT2D eigenvalue weighted by atomic mass is 16.5. The molecule has 0 saturated heterocycles. The van der Waals surface area contributed by atoms with E-state index in [1.54, 1.807) is 5.01 Å². The van der Waals surface area contributed by atoms with Gasteiger partial charge in [0.1, 0.15) is 12.4 Å². The number of hydrazine groups is 1. The van der Waals surface area contributed by atoms with Crippen molar-refractivity contribution in [3.8, 4) is 5.75 Å². The van der Waals surface area contributed by atoms with Gasteiger partial charge in [0.05, 0.1) is 0 Å². The number of nitrogens with zero attached hydrogens (tertiary/aromatic N) is 1. The Morgan fingerprint density at radius 3 is 2.43 bits per heavy atom. The number of hydrogen-bond donors (Lipinski definition) is 1. The van der Waals surface area contributed by atoms with Crippen molar-refractivity contribution < 1.29 is 4.74 Å². The Kier molecular flexibility index (Phi) is 4.43. The van der Waals surface area contributed by atoms with Crippen LogP contribution in [0.25, 0.3) is 0 Å². The van der Waals surface area contributed by atoms with Crippen LogP contribution in [0.15, 0.2) is 24.3 Å². The molecule has 0 spiro atoms. The molecule has 2 N–H and O–H groups in total. The normalized spacial score (nSPS) is 10.6. The highest BCUT2D eigenvalue weighted by Crippen LogP contribution is 2.12. The van der Waals surface area contributed by atoms with Gasteiger partial charge in [-0.3, -0.25) is 5.84 Å². The fourth-order valence-electron chi connectivity index (χ4n) is 1.13. The molecule has 0 bridgehead atoms. The second-order valence-corrected chi connectivity index (χ2v) is 3.33. The minimum atomic E-state index is 0.623.